The first kappa shape index (κ1) is 13.9. The van der Waals surface area contributed by atoms with Gasteiger partial charge in [0.05, 0.1) is 10.6 Å². The molecule has 0 saturated heterocycles. The summed E-state index contributed by atoms with van der Waals surface area (Å²) in [4.78, 5) is 1.05. The van der Waals surface area contributed by atoms with Gasteiger partial charge in [-0.2, -0.15) is 0 Å². The van der Waals surface area contributed by atoms with Crippen LogP contribution in [0.15, 0.2) is 22.7 Å². The zero-order chi connectivity index (χ0) is 13.1. The summed E-state index contributed by atoms with van der Waals surface area (Å²) < 4.78 is 4.93. The average Bonchev–Trinajstić information content (AvgIpc) is 2.81. The molecule has 2 aromatic rings. The Hall–Kier alpha value is -0.490. The second-order valence-electron chi connectivity index (χ2n) is 3.98. The minimum atomic E-state index is -0.0985. The molecule has 0 aliphatic rings. The van der Waals surface area contributed by atoms with Gasteiger partial charge in [-0.25, -0.2) is 0 Å². The van der Waals surface area contributed by atoms with E-state index >= 15 is 0 Å². The maximum Gasteiger partial charge on any atom is 0.0801 e. The third-order valence-electron chi connectivity index (χ3n) is 2.71. The summed E-state index contributed by atoms with van der Waals surface area (Å²) in [6.07, 6.45) is 1.55. The maximum atomic E-state index is 6.21. The van der Waals surface area contributed by atoms with Crippen molar-refractivity contribution in [2.75, 3.05) is 0 Å². The lowest BCUT2D eigenvalue weighted by Gasteiger charge is -2.11. The Morgan fingerprint density at radius 2 is 2.28 bits per heavy atom. The SMILES string of the molecule is CCc1nnsc1C(N)Cc1ccc(Br)cc1Cl. The van der Waals surface area contributed by atoms with Crippen LogP contribution >= 0.6 is 39.1 Å². The summed E-state index contributed by atoms with van der Waals surface area (Å²) in [5.74, 6) is 0. The molecule has 0 saturated carbocycles. The van der Waals surface area contributed by atoms with Gasteiger partial charge < -0.3 is 5.73 Å². The fraction of sp³-hybridized carbons (Fsp3) is 0.333. The van der Waals surface area contributed by atoms with Crippen molar-refractivity contribution < 1.29 is 0 Å². The largest absolute Gasteiger partial charge is 0.323 e. The number of rotatable bonds is 4. The Morgan fingerprint density at radius 3 is 2.94 bits per heavy atom. The standard InChI is InChI=1S/C12H13BrClN3S/c1-2-11-12(18-17-16-11)10(15)5-7-3-4-8(13)6-9(7)14/h3-4,6,10H,2,5,15H2,1H3. The molecule has 0 bridgehead atoms. The van der Waals surface area contributed by atoms with E-state index in [9.17, 15) is 0 Å². The Morgan fingerprint density at radius 1 is 1.50 bits per heavy atom. The van der Waals surface area contributed by atoms with Crippen molar-refractivity contribution in [2.45, 2.75) is 25.8 Å². The highest BCUT2D eigenvalue weighted by Crippen LogP contribution is 2.27. The second kappa shape index (κ2) is 6.10. The van der Waals surface area contributed by atoms with Gasteiger partial charge in [-0.05, 0) is 42.1 Å². The molecule has 96 valence electrons. The van der Waals surface area contributed by atoms with Crippen molar-refractivity contribution in [3.8, 4) is 0 Å². The first-order valence-electron chi connectivity index (χ1n) is 5.62. The number of hydrogen-bond acceptors (Lipinski definition) is 4. The van der Waals surface area contributed by atoms with Crippen LogP contribution in [0.3, 0.4) is 0 Å². The lowest BCUT2D eigenvalue weighted by atomic mass is 10.0. The summed E-state index contributed by atoms with van der Waals surface area (Å²) >= 11 is 11.0. The minimum absolute atomic E-state index is 0.0985. The number of nitrogens with zero attached hydrogens (tertiary/aromatic N) is 2. The van der Waals surface area contributed by atoms with E-state index in [2.05, 4.69) is 32.4 Å². The molecule has 3 nitrogen and oxygen atoms in total. The highest BCUT2D eigenvalue weighted by Gasteiger charge is 2.16. The number of halogens is 2. The van der Waals surface area contributed by atoms with Crippen LogP contribution in [0.2, 0.25) is 5.02 Å². The third-order valence-corrected chi connectivity index (χ3v) is 4.46. The molecule has 0 fully saturated rings. The van der Waals surface area contributed by atoms with Gasteiger partial charge in [0.15, 0.2) is 0 Å². The summed E-state index contributed by atoms with van der Waals surface area (Å²) in [6.45, 7) is 2.06. The zero-order valence-electron chi connectivity index (χ0n) is 9.86. The monoisotopic (exact) mass is 345 g/mol. The molecule has 0 aliphatic heterocycles. The highest BCUT2D eigenvalue weighted by atomic mass is 79.9. The van der Waals surface area contributed by atoms with Gasteiger partial charge in [0.1, 0.15) is 0 Å². The van der Waals surface area contributed by atoms with E-state index in [1.807, 2.05) is 18.2 Å². The van der Waals surface area contributed by atoms with Crippen LogP contribution in [0.25, 0.3) is 0 Å². The quantitative estimate of drug-likeness (QED) is 0.917. The van der Waals surface area contributed by atoms with Crippen LogP contribution < -0.4 is 5.73 Å². The van der Waals surface area contributed by atoms with Gasteiger partial charge in [0, 0.05) is 15.5 Å². The maximum absolute atomic E-state index is 6.21. The molecule has 1 aromatic heterocycles. The Bertz CT molecular complexity index is 544. The highest BCUT2D eigenvalue weighted by molar-refractivity contribution is 9.10. The van der Waals surface area contributed by atoms with Gasteiger partial charge in [0.2, 0.25) is 0 Å². The van der Waals surface area contributed by atoms with Crippen LogP contribution in [0.1, 0.15) is 29.1 Å². The first-order valence-corrected chi connectivity index (χ1v) is 7.57. The van der Waals surface area contributed by atoms with Crippen molar-refractivity contribution in [1.82, 2.24) is 9.59 Å². The molecule has 2 N–H and O–H groups in total. The first-order chi connectivity index (χ1) is 8.61. The van der Waals surface area contributed by atoms with E-state index in [0.717, 1.165) is 32.1 Å². The molecule has 18 heavy (non-hydrogen) atoms. The number of benzene rings is 1. The molecule has 0 amide bonds. The molecule has 1 unspecified atom stereocenters. The van der Waals surface area contributed by atoms with Crippen LogP contribution in [-0.4, -0.2) is 9.59 Å². The van der Waals surface area contributed by atoms with Crippen LogP contribution in [0.4, 0.5) is 0 Å². The van der Waals surface area contributed by atoms with Crippen molar-refractivity contribution in [2.24, 2.45) is 5.73 Å². The molecule has 2 rings (SSSR count). The van der Waals surface area contributed by atoms with Crippen LogP contribution in [0.5, 0.6) is 0 Å². The fourth-order valence-corrected chi connectivity index (χ4v) is 3.25. The van der Waals surface area contributed by atoms with Crippen molar-refractivity contribution in [3.05, 3.63) is 43.8 Å². The topological polar surface area (TPSA) is 51.8 Å². The number of aromatic nitrogens is 2. The molecule has 0 aliphatic carbocycles. The average molecular weight is 347 g/mol. The lowest BCUT2D eigenvalue weighted by Crippen LogP contribution is -2.14. The molecule has 1 heterocycles. The molecule has 6 heteroatoms. The smallest absolute Gasteiger partial charge is 0.0801 e. The van der Waals surface area contributed by atoms with Crippen LogP contribution in [-0.2, 0) is 12.8 Å². The molecular formula is C12H13BrClN3S. The van der Waals surface area contributed by atoms with Gasteiger partial charge in [0.25, 0.3) is 0 Å². The normalized spacial score (nSPS) is 12.7. The molecular weight excluding hydrogens is 334 g/mol. The molecule has 1 aromatic carbocycles. The summed E-state index contributed by atoms with van der Waals surface area (Å²) in [5, 5.41) is 4.81. The summed E-state index contributed by atoms with van der Waals surface area (Å²) in [6, 6.07) is 5.75. The van der Waals surface area contributed by atoms with Gasteiger partial charge in [-0.1, -0.05) is 45.0 Å². The van der Waals surface area contributed by atoms with E-state index in [1.165, 1.54) is 11.5 Å². The predicted octanol–water partition coefficient (Wildman–Crippen LogP) is 3.76. The van der Waals surface area contributed by atoms with Crippen molar-refractivity contribution >= 4 is 39.1 Å². The predicted molar refractivity (Wildman–Crippen MR) is 79.1 cm³/mol. The second-order valence-corrected chi connectivity index (χ2v) is 6.09. The summed E-state index contributed by atoms with van der Waals surface area (Å²) in [5.41, 5.74) is 8.25. The number of aryl methyl sites for hydroxylation is 1. The van der Waals surface area contributed by atoms with Gasteiger partial charge >= 0.3 is 0 Å². The Balaban J connectivity index is 2.18. The van der Waals surface area contributed by atoms with E-state index < -0.39 is 0 Å². The molecule has 0 radical (unpaired) electrons. The molecule has 1 atom stereocenters. The van der Waals surface area contributed by atoms with Crippen LogP contribution in [0, 0.1) is 0 Å². The van der Waals surface area contributed by atoms with E-state index in [0.29, 0.717) is 6.42 Å². The lowest BCUT2D eigenvalue weighted by molar-refractivity contribution is 0.722. The van der Waals surface area contributed by atoms with E-state index in [1.54, 1.807) is 0 Å². The third kappa shape index (κ3) is 3.09. The summed E-state index contributed by atoms with van der Waals surface area (Å²) in [7, 11) is 0. The number of nitrogens with two attached hydrogens (primary N) is 1. The Labute approximate surface area is 124 Å². The van der Waals surface area contributed by atoms with Crippen molar-refractivity contribution in [3.63, 3.8) is 0 Å². The van der Waals surface area contributed by atoms with Crippen molar-refractivity contribution in [1.29, 1.82) is 0 Å². The minimum Gasteiger partial charge on any atom is -0.323 e. The number of hydrogen-bond donors (Lipinski definition) is 1. The fourth-order valence-electron chi connectivity index (χ4n) is 1.76. The van der Waals surface area contributed by atoms with Gasteiger partial charge in [-0.15, -0.1) is 5.10 Å². The van der Waals surface area contributed by atoms with E-state index in [4.69, 9.17) is 17.3 Å². The zero-order valence-corrected chi connectivity index (χ0v) is 13.0. The molecule has 0 spiro atoms. The van der Waals surface area contributed by atoms with Gasteiger partial charge in [-0.3, -0.25) is 0 Å². The van der Waals surface area contributed by atoms with E-state index in [-0.39, 0.29) is 6.04 Å². The Kier molecular flexibility index (Phi) is 4.72.